The number of hydrogen-bond donors (Lipinski definition) is 1. The lowest BCUT2D eigenvalue weighted by Crippen LogP contribution is -2.56. The van der Waals surface area contributed by atoms with Crippen molar-refractivity contribution in [3.05, 3.63) is 12.2 Å². The van der Waals surface area contributed by atoms with Gasteiger partial charge in [0.15, 0.2) is 0 Å². The van der Waals surface area contributed by atoms with Gasteiger partial charge in [-0.3, -0.25) is 4.79 Å². The average Bonchev–Trinajstić information content (AvgIpc) is 2.60. The first-order chi connectivity index (χ1) is 11.6. The van der Waals surface area contributed by atoms with Gasteiger partial charge >= 0.3 is 0 Å². The van der Waals surface area contributed by atoms with Gasteiger partial charge < -0.3 is 15.0 Å². The zero-order chi connectivity index (χ0) is 17.0. The van der Waals surface area contributed by atoms with Gasteiger partial charge in [0.25, 0.3) is 0 Å². The number of allylic oxidation sites excluding steroid dienone is 2. The summed E-state index contributed by atoms with van der Waals surface area (Å²) in [6.45, 7) is 7.85. The first-order valence-corrected chi connectivity index (χ1v) is 9.87. The first-order valence-electron chi connectivity index (χ1n) is 9.87. The molecule has 2 aliphatic heterocycles. The molecule has 2 saturated heterocycles. The van der Waals surface area contributed by atoms with Crippen molar-refractivity contribution < 1.29 is 9.53 Å². The second kappa shape index (κ2) is 8.01. The Labute approximate surface area is 147 Å². The van der Waals surface area contributed by atoms with Gasteiger partial charge in [0.1, 0.15) is 0 Å². The van der Waals surface area contributed by atoms with Crippen LogP contribution in [0.2, 0.25) is 0 Å². The first kappa shape index (κ1) is 17.9. The van der Waals surface area contributed by atoms with Crippen LogP contribution in [0.1, 0.15) is 58.8 Å². The van der Waals surface area contributed by atoms with Crippen LogP contribution in [0.5, 0.6) is 0 Å². The van der Waals surface area contributed by atoms with E-state index in [1.165, 1.54) is 19.3 Å². The van der Waals surface area contributed by atoms with Crippen LogP contribution in [0.4, 0.5) is 0 Å². The van der Waals surface area contributed by atoms with Gasteiger partial charge in [-0.05, 0) is 56.3 Å². The van der Waals surface area contributed by atoms with E-state index in [4.69, 9.17) is 4.74 Å². The van der Waals surface area contributed by atoms with Crippen molar-refractivity contribution in [1.29, 1.82) is 0 Å². The molecule has 0 saturated carbocycles. The van der Waals surface area contributed by atoms with Gasteiger partial charge in [-0.15, -0.1) is 0 Å². The fourth-order valence-electron chi connectivity index (χ4n) is 4.57. The lowest BCUT2D eigenvalue weighted by molar-refractivity contribution is -0.138. The summed E-state index contributed by atoms with van der Waals surface area (Å²) in [7, 11) is 0. The topological polar surface area (TPSA) is 41.6 Å². The molecule has 2 heterocycles. The van der Waals surface area contributed by atoms with E-state index in [2.05, 4.69) is 36.2 Å². The average molecular weight is 335 g/mol. The fraction of sp³-hybridized carbons (Fsp3) is 0.850. The number of ether oxygens (including phenoxy) is 1. The van der Waals surface area contributed by atoms with E-state index in [-0.39, 0.29) is 6.04 Å². The summed E-state index contributed by atoms with van der Waals surface area (Å²) >= 11 is 0. The molecule has 136 valence electrons. The van der Waals surface area contributed by atoms with E-state index in [0.717, 1.165) is 52.0 Å². The molecule has 1 aliphatic carbocycles. The summed E-state index contributed by atoms with van der Waals surface area (Å²) in [6, 6.07) is 0.369. The minimum absolute atomic E-state index is 0.0533. The van der Waals surface area contributed by atoms with Crippen molar-refractivity contribution in [3.8, 4) is 0 Å². The number of carbonyl (C=O) groups excluding carboxylic acids is 1. The molecule has 3 rings (SSSR count). The molecule has 0 aromatic carbocycles. The monoisotopic (exact) mass is 334 g/mol. The molecule has 0 bridgehead atoms. The molecule has 4 heteroatoms. The summed E-state index contributed by atoms with van der Waals surface area (Å²) < 4.78 is 5.45. The molecular formula is C20H34N2O2. The Morgan fingerprint density at radius 1 is 1.25 bits per heavy atom. The Kier molecular flexibility index (Phi) is 5.98. The van der Waals surface area contributed by atoms with Crippen molar-refractivity contribution in [1.82, 2.24) is 10.2 Å². The second-order valence-corrected chi connectivity index (χ2v) is 8.35. The fourth-order valence-corrected chi connectivity index (χ4v) is 4.57. The molecule has 1 amide bonds. The zero-order valence-electron chi connectivity index (χ0n) is 15.4. The number of hydrogen-bond acceptors (Lipinski definition) is 3. The van der Waals surface area contributed by atoms with Crippen molar-refractivity contribution in [2.45, 2.75) is 70.9 Å². The van der Waals surface area contributed by atoms with Gasteiger partial charge in [-0.1, -0.05) is 26.0 Å². The van der Waals surface area contributed by atoms with Crippen molar-refractivity contribution in [2.24, 2.45) is 11.3 Å². The van der Waals surface area contributed by atoms with Crippen LogP contribution in [0, 0.1) is 11.3 Å². The smallest absolute Gasteiger partial charge is 0.239 e. The number of piperidine rings is 1. The minimum Gasteiger partial charge on any atom is -0.381 e. The van der Waals surface area contributed by atoms with Gasteiger partial charge in [-0.2, -0.15) is 0 Å². The third kappa shape index (κ3) is 4.20. The van der Waals surface area contributed by atoms with Crippen LogP contribution in [-0.2, 0) is 9.53 Å². The lowest BCUT2D eigenvalue weighted by atomic mass is 9.71. The predicted molar refractivity (Wildman–Crippen MR) is 96.8 cm³/mol. The molecule has 3 aliphatic rings. The third-order valence-electron chi connectivity index (χ3n) is 6.10. The lowest BCUT2D eigenvalue weighted by Gasteiger charge is -2.45. The van der Waals surface area contributed by atoms with Crippen LogP contribution in [-0.4, -0.2) is 49.2 Å². The largest absolute Gasteiger partial charge is 0.381 e. The van der Waals surface area contributed by atoms with E-state index >= 15 is 0 Å². The highest BCUT2D eigenvalue weighted by molar-refractivity contribution is 5.82. The molecule has 1 N–H and O–H groups in total. The highest BCUT2D eigenvalue weighted by atomic mass is 16.5. The molecule has 0 radical (unpaired) electrons. The Balaban J connectivity index is 1.64. The van der Waals surface area contributed by atoms with E-state index in [0.29, 0.717) is 23.3 Å². The quantitative estimate of drug-likeness (QED) is 0.803. The number of nitrogens with zero attached hydrogens (tertiary/aromatic N) is 1. The molecule has 0 aromatic rings. The summed E-state index contributed by atoms with van der Waals surface area (Å²) in [4.78, 5) is 15.4. The van der Waals surface area contributed by atoms with Crippen LogP contribution >= 0.6 is 0 Å². The number of rotatable bonds is 4. The molecule has 24 heavy (non-hydrogen) atoms. The summed E-state index contributed by atoms with van der Waals surface area (Å²) in [6.07, 6.45) is 12.7. The van der Waals surface area contributed by atoms with Crippen LogP contribution in [0.3, 0.4) is 0 Å². The van der Waals surface area contributed by atoms with Crippen LogP contribution < -0.4 is 5.32 Å². The predicted octanol–water partition coefficient (Wildman–Crippen LogP) is 3.13. The highest BCUT2D eigenvalue weighted by Crippen LogP contribution is 2.41. The number of nitrogens with one attached hydrogen (secondary N) is 1. The molecular weight excluding hydrogens is 300 g/mol. The molecule has 2 fully saturated rings. The summed E-state index contributed by atoms with van der Waals surface area (Å²) in [5, 5.41) is 3.66. The maximum absolute atomic E-state index is 13.3. The van der Waals surface area contributed by atoms with E-state index in [1.54, 1.807) is 0 Å². The van der Waals surface area contributed by atoms with Gasteiger partial charge in [0.05, 0.1) is 6.04 Å². The highest BCUT2D eigenvalue weighted by Gasteiger charge is 2.39. The third-order valence-corrected chi connectivity index (χ3v) is 6.10. The maximum Gasteiger partial charge on any atom is 0.239 e. The number of likely N-dealkylation sites (tertiary alicyclic amines) is 1. The normalized spacial score (nSPS) is 30.0. The van der Waals surface area contributed by atoms with E-state index < -0.39 is 0 Å². The van der Waals surface area contributed by atoms with Gasteiger partial charge in [0.2, 0.25) is 5.91 Å². The Hall–Kier alpha value is -0.870. The number of amides is 1. The summed E-state index contributed by atoms with van der Waals surface area (Å²) in [5.74, 6) is 0.648. The van der Waals surface area contributed by atoms with E-state index in [9.17, 15) is 4.79 Å². The van der Waals surface area contributed by atoms with Crippen molar-refractivity contribution >= 4 is 5.91 Å². The van der Waals surface area contributed by atoms with Crippen molar-refractivity contribution in [2.75, 3.05) is 26.3 Å². The Morgan fingerprint density at radius 3 is 2.71 bits per heavy atom. The SMILES string of the molecule is CC(C)[C@@H](NC1CCOCC1)C(=O)N1CCC[C@]2(CC=CCC2)C1. The second-order valence-electron chi connectivity index (χ2n) is 8.35. The molecule has 1 spiro atoms. The van der Waals surface area contributed by atoms with Crippen LogP contribution in [0.15, 0.2) is 12.2 Å². The molecule has 0 aromatic heterocycles. The maximum atomic E-state index is 13.3. The molecule has 0 unspecified atom stereocenters. The minimum atomic E-state index is -0.0533. The Bertz CT molecular complexity index is 457. The van der Waals surface area contributed by atoms with Gasteiger partial charge in [-0.25, -0.2) is 0 Å². The van der Waals surface area contributed by atoms with Gasteiger partial charge in [0, 0.05) is 32.3 Å². The molecule has 2 atom stereocenters. The van der Waals surface area contributed by atoms with Crippen LogP contribution in [0.25, 0.3) is 0 Å². The number of carbonyl (C=O) groups is 1. The summed E-state index contributed by atoms with van der Waals surface area (Å²) in [5.41, 5.74) is 0.350. The van der Waals surface area contributed by atoms with E-state index in [1.807, 2.05) is 0 Å². The standard InChI is InChI=1S/C20H34N2O2/c1-16(2)18(21-17-7-13-24-14-8-17)19(23)22-12-6-11-20(15-22)9-4-3-5-10-20/h3-4,16-18,21H,5-15H2,1-2H3/t18-,20-/m1/s1. The zero-order valence-corrected chi connectivity index (χ0v) is 15.4. The van der Waals surface area contributed by atoms with Crippen molar-refractivity contribution in [3.63, 3.8) is 0 Å². The molecule has 4 nitrogen and oxygen atoms in total. The Morgan fingerprint density at radius 2 is 2.04 bits per heavy atom.